The average molecular weight is 463 g/mol. The van der Waals surface area contributed by atoms with E-state index in [0.717, 1.165) is 33.9 Å². The molecule has 2 aromatic heterocycles. The van der Waals surface area contributed by atoms with Crippen molar-refractivity contribution in [2.24, 2.45) is 0 Å². The van der Waals surface area contributed by atoms with Crippen LogP contribution in [0.3, 0.4) is 0 Å². The molecule has 0 aliphatic carbocycles. The second kappa shape index (κ2) is 9.07. The van der Waals surface area contributed by atoms with Crippen molar-refractivity contribution in [3.05, 3.63) is 107 Å². The van der Waals surface area contributed by atoms with E-state index < -0.39 is 0 Å². The molecule has 0 saturated heterocycles. The summed E-state index contributed by atoms with van der Waals surface area (Å²) in [4.78, 5) is 10.4. The molecule has 180 valence electrons. The zero-order valence-electron chi connectivity index (χ0n) is 22.5. The van der Waals surface area contributed by atoms with Crippen LogP contribution in [0.25, 0.3) is 22.5 Å². The van der Waals surface area contributed by atoms with Crippen LogP contribution in [0.2, 0.25) is 0 Å². The van der Waals surface area contributed by atoms with Crippen LogP contribution in [0.4, 0.5) is 0 Å². The van der Waals surface area contributed by atoms with Gasteiger partial charge in [0.1, 0.15) is 0 Å². The van der Waals surface area contributed by atoms with Gasteiger partial charge >= 0.3 is 0 Å². The number of hydrogen-bond acceptors (Lipinski definition) is 2. The predicted molar refractivity (Wildman–Crippen MR) is 149 cm³/mol. The van der Waals surface area contributed by atoms with Gasteiger partial charge in [-0.15, -0.1) is 0 Å². The van der Waals surface area contributed by atoms with Gasteiger partial charge in [-0.05, 0) is 60.1 Å². The van der Waals surface area contributed by atoms with Crippen molar-refractivity contribution >= 4 is 0 Å². The van der Waals surface area contributed by atoms with Crippen molar-refractivity contribution in [3.8, 4) is 22.5 Å². The van der Waals surface area contributed by atoms with Gasteiger partial charge in [0.2, 0.25) is 0 Å². The fraction of sp³-hybridized carbons (Fsp3) is 0.333. The largest absolute Gasteiger partial charge is 0.252 e. The van der Waals surface area contributed by atoms with Gasteiger partial charge in [0.25, 0.3) is 0 Å². The molecule has 2 heteroatoms. The number of pyridine rings is 2. The van der Waals surface area contributed by atoms with Gasteiger partial charge in [-0.2, -0.15) is 0 Å². The molecule has 0 saturated carbocycles. The molecule has 4 aromatic rings. The van der Waals surface area contributed by atoms with Crippen LogP contribution in [-0.4, -0.2) is 9.97 Å². The highest BCUT2D eigenvalue weighted by molar-refractivity contribution is 5.63. The molecule has 0 fully saturated rings. The molecule has 4 rings (SSSR count). The predicted octanol–water partition coefficient (Wildman–Crippen LogP) is 8.73. The van der Waals surface area contributed by atoms with Crippen molar-refractivity contribution in [3.63, 3.8) is 0 Å². The highest BCUT2D eigenvalue weighted by Crippen LogP contribution is 2.37. The molecular formula is C33H38N2. The molecule has 0 unspecified atom stereocenters. The Labute approximate surface area is 211 Å². The summed E-state index contributed by atoms with van der Waals surface area (Å²) in [5.41, 5.74) is 8.58. The first-order valence-corrected chi connectivity index (χ1v) is 12.5. The van der Waals surface area contributed by atoms with Gasteiger partial charge in [-0.3, -0.25) is 9.97 Å². The fourth-order valence-corrected chi connectivity index (χ4v) is 4.21. The maximum Gasteiger partial charge on any atom is 0.0708 e. The van der Waals surface area contributed by atoms with Crippen molar-refractivity contribution < 1.29 is 0 Å². The minimum Gasteiger partial charge on any atom is -0.252 e. The summed E-state index contributed by atoms with van der Waals surface area (Å²) in [6.07, 6.45) is 0. The molecule has 0 N–H and O–H groups in total. The topological polar surface area (TPSA) is 25.8 Å². The zero-order chi connectivity index (χ0) is 25.4. The maximum atomic E-state index is 5.22. The number of rotatable bonds is 4. The second-order valence-corrected chi connectivity index (χ2v) is 12.1. The minimum absolute atomic E-state index is 0.00713. The summed E-state index contributed by atoms with van der Waals surface area (Å²) in [5.74, 6) is 0. The molecule has 0 aliphatic heterocycles. The van der Waals surface area contributed by atoms with Gasteiger partial charge in [0.05, 0.1) is 22.8 Å². The Kier molecular flexibility index (Phi) is 6.44. The van der Waals surface area contributed by atoms with E-state index in [4.69, 9.17) is 9.97 Å². The lowest BCUT2D eigenvalue weighted by atomic mass is 9.78. The van der Waals surface area contributed by atoms with Gasteiger partial charge < -0.3 is 0 Å². The Morgan fingerprint density at radius 3 is 1.11 bits per heavy atom. The summed E-state index contributed by atoms with van der Waals surface area (Å²) < 4.78 is 0. The number of nitrogens with zero attached hydrogens (tertiary/aromatic N) is 2. The molecule has 0 aliphatic rings. The molecule has 0 amide bonds. The van der Waals surface area contributed by atoms with E-state index in [9.17, 15) is 0 Å². The SMILES string of the molecule is CC(C)(C)c1cc(-c2ccccc2)nc(C(C)(C)c2cc(C(C)(C)C)cc(-c3ccccc3)n2)c1. The molecule has 0 radical (unpaired) electrons. The third-order valence-electron chi connectivity index (χ3n) is 6.80. The normalized spacial score (nSPS) is 12.6. The third-order valence-corrected chi connectivity index (χ3v) is 6.80. The first-order chi connectivity index (χ1) is 16.4. The van der Waals surface area contributed by atoms with Crippen LogP contribution < -0.4 is 0 Å². The van der Waals surface area contributed by atoms with E-state index in [2.05, 4.69) is 140 Å². The summed E-state index contributed by atoms with van der Waals surface area (Å²) in [6.45, 7) is 18.1. The molecular weight excluding hydrogens is 424 g/mol. The molecule has 0 atom stereocenters. The van der Waals surface area contributed by atoms with Crippen LogP contribution >= 0.6 is 0 Å². The van der Waals surface area contributed by atoms with Crippen molar-refractivity contribution in [2.45, 2.75) is 71.6 Å². The summed E-state index contributed by atoms with van der Waals surface area (Å²) in [6, 6.07) is 30.0. The highest BCUT2D eigenvalue weighted by Gasteiger charge is 2.31. The molecule has 2 heterocycles. The summed E-state index contributed by atoms with van der Waals surface area (Å²) >= 11 is 0. The Morgan fingerprint density at radius 2 is 0.800 bits per heavy atom. The van der Waals surface area contributed by atoms with Gasteiger partial charge in [0.15, 0.2) is 0 Å². The quantitative estimate of drug-likeness (QED) is 0.303. The monoisotopic (exact) mass is 462 g/mol. The standard InChI is InChI=1S/C33H38N2/c1-31(2,3)25-19-27(23-15-11-9-12-16-23)34-29(21-25)33(7,8)30-22-26(32(4,5)6)20-28(35-30)24-17-13-10-14-18-24/h9-22H,1-8H3. The number of aromatic nitrogens is 2. The molecule has 2 aromatic carbocycles. The van der Waals surface area contributed by atoms with Crippen LogP contribution in [0, 0.1) is 0 Å². The Balaban J connectivity index is 1.94. The van der Waals surface area contributed by atoms with E-state index in [-0.39, 0.29) is 16.2 Å². The first-order valence-electron chi connectivity index (χ1n) is 12.5. The molecule has 35 heavy (non-hydrogen) atoms. The fourth-order valence-electron chi connectivity index (χ4n) is 4.21. The lowest BCUT2D eigenvalue weighted by molar-refractivity contribution is 0.559. The van der Waals surface area contributed by atoms with E-state index in [1.165, 1.54) is 11.1 Å². The number of benzene rings is 2. The maximum absolute atomic E-state index is 5.22. The Morgan fingerprint density at radius 1 is 0.457 bits per heavy atom. The van der Waals surface area contributed by atoms with E-state index in [1.807, 2.05) is 0 Å². The Hall–Kier alpha value is -3.26. The smallest absolute Gasteiger partial charge is 0.0708 e. The second-order valence-electron chi connectivity index (χ2n) is 12.1. The number of hydrogen-bond donors (Lipinski definition) is 0. The summed E-state index contributed by atoms with van der Waals surface area (Å²) in [7, 11) is 0. The highest BCUT2D eigenvalue weighted by atomic mass is 14.8. The van der Waals surface area contributed by atoms with Crippen molar-refractivity contribution in [1.29, 1.82) is 0 Å². The Bertz CT molecular complexity index is 1200. The van der Waals surface area contributed by atoms with Gasteiger partial charge in [0, 0.05) is 16.5 Å². The lowest BCUT2D eigenvalue weighted by Crippen LogP contribution is -2.25. The van der Waals surface area contributed by atoms with Gasteiger partial charge in [-0.1, -0.05) is 102 Å². The van der Waals surface area contributed by atoms with Crippen LogP contribution in [0.15, 0.2) is 84.9 Å². The first kappa shape index (κ1) is 24.9. The van der Waals surface area contributed by atoms with Crippen molar-refractivity contribution in [1.82, 2.24) is 9.97 Å². The van der Waals surface area contributed by atoms with Crippen LogP contribution in [0.1, 0.15) is 77.9 Å². The average Bonchev–Trinajstić information content (AvgIpc) is 2.83. The molecule has 2 nitrogen and oxygen atoms in total. The zero-order valence-corrected chi connectivity index (χ0v) is 22.5. The molecule has 0 spiro atoms. The summed E-state index contributed by atoms with van der Waals surface area (Å²) in [5, 5.41) is 0. The molecule has 0 bridgehead atoms. The van der Waals surface area contributed by atoms with E-state index in [0.29, 0.717) is 0 Å². The lowest BCUT2D eigenvalue weighted by Gasteiger charge is -2.30. The van der Waals surface area contributed by atoms with Crippen LogP contribution in [-0.2, 0) is 16.2 Å². The van der Waals surface area contributed by atoms with E-state index in [1.54, 1.807) is 0 Å². The minimum atomic E-state index is -0.379. The third kappa shape index (κ3) is 5.37. The van der Waals surface area contributed by atoms with Crippen LogP contribution in [0.5, 0.6) is 0 Å². The van der Waals surface area contributed by atoms with Crippen molar-refractivity contribution in [2.75, 3.05) is 0 Å². The van der Waals surface area contributed by atoms with E-state index >= 15 is 0 Å². The van der Waals surface area contributed by atoms with Gasteiger partial charge in [-0.25, -0.2) is 0 Å².